The standard InChI is InChI=1S/C25H35N5O2/c1-29(14-19-9-22(31)26-13-19)15-20-21-4-2-3-5-30(21)23(27-20)24(32)28-25-10-16-6-17(11-25)8-18(7-16)12-25/h2-5,16-19,23,27H,6-15H2,1H3,(H,26,31)(H,28,32). The molecule has 0 spiro atoms. The van der Waals surface area contributed by atoms with Gasteiger partial charge in [0.15, 0.2) is 6.17 Å². The molecule has 0 aromatic rings. The number of nitrogens with one attached hydrogen (secondary N) is 3. The zero-order valence-electron chi connectivity index (χ0n) is 19.0. The number of likely N-dealkylation sites (N-methyl/N-ethyl adjacent to an activating group) is 1. The summed E-state index contributed by atoms with van der Waals surface area (Å²) < 4.78 is 0. The topological polar surface area (TPSA) is 76.7 Å². The first kappa shape index (κ1) is 20.3. The molecule has 0 aromatic carbocycles. The molecule has 3 aliphatic heterocycles. The molecule has 3 heterocycles. The highest BCUT2D eigenvalue weighted by molar-refractivity contribution is 5.84. The fourth-order valence-corrected chi connectivity index (χ4v) is 7.73. The van der Waals surface area contributed by atoms with Gasteiger partial charge in [0.05, 0.1) is 11.4 Å². The fraction of sp³-hybridized carbons (Fsp3) is 0.680. The Morgan fingerprint density at radius 1 is 1.19 bits per heavy atom. The van der Waals surface area contributed by atoms with E-state index in [0.29, 0.717) is 12.3 Å². The molecule has 2 unspecified atom stereocenters. The van der Waals surface area contributed by atoms with Crippen LogP contribution in [0.1, 0.15) is 44.9 Å². The number of hydrogen-bond donors (Lipinski definition) is 3. The minimum Gasteiger partial charge on any atom is -0.358 e. The molecule has 4 saturated carbocycles. The normalized spacial score (nSPS) is 39.0. The maximum atomic E-state index is 13.6. The molecule has 3 N–H and O–H groups in total. The molecule has 32 heavy (non-hydrogen) atoms. The molecule has 5 fully saturated rings. The number of hydrogen-bond acceptors (Lipinski definition) is 5. The number of allylic oxidation sites excluding steroid dienone is 3. The van der Waals surface area contributed by atoms with Crippen LogP contribution in [0, 0.1) is 23.7 Å². The highest BCUT2D eigenvalue weighted by Gasteiger charge is 2.52. The first-order chi connectivity index (χ1) is 15.5. The van der Waals surface area contributed by atoms with Crippen molar-refractivity contribution < 1.29 is 9.59 Å². The monoisotopic (exact) mass is 437 g/mol. The van der Waals surface area contributed by atoms with E-state index in [1.54, 1.807) is 0 Å². The lowest BCUT2D eigenvalue weighted by Crippen LogP contribution is -2.63. The van der Waals surface area contributed by atoms with Gasteiger partial charge >= 0.3 is 0 Å². The van der Waals surface area contributed by atoms with Crippen molar-refractivity contribution in [1.29, 1.82) is 0 Å². The molecule has 0 radical (unpaired) electrons. The van der Waals surface area contributed by atoms with E-state index in [1.165, 1.54) is 19.3 Å². The van der Waals surface area contributed by atoms with Crippen LogP contribution >= 0.6 is 0 Å². The minimum atomic E-state index is -0.391. The summed E-state index contributed by atoms with van der Waals surface area (Å²) in [5.74, 6) is 3.04. The second kappa shape index (κ2) is 7.65. The first-order valence-electron chi connectivity index (χ1n) is 12.4. The van der Waals surface area contributed by atoms with Crippen LogP contribution in [-0.4, -0.2) is 60.0 Å². The highest BCUT2D eigenvalue weighted by Crippen LogP contribution is 2.55. The molecule has 0 aromatic heterocycles. The van der Waals surface area contributed by atoms with Gasteiger partial charge in [-0.3, -0.25) is 9.59 Å². The van der Waals surface area contributed by atoms with Crippen molar-refractivity contribution in [3.63, 3.8) is 0 Å². The molecule has 7 heteroatoms. The number of fused-ring (bicyclic) bond motifs is 1. The maximum absolute atomic E-state index is 13.6. The number of carbonyl (C=O) groups excluding carboxylic acids is 2. The Kier molecular flexibility index (Phi) is 4.86. The van der Waals surface area contributed by atoms with E-state index in [1.807, 2.05) is 18.4 Å². The van der Waals surface area contributed by atoms with Crippen LogP contribution in [-0.2, 0) is 9.59 Å². The van der Waals surface area contributed by atoms with Crippen molar-refractivity contribution in [2.45, 2.75) is 56.7 Å². The second-order valence-corrected chi connectivity index (χ2v) is 11.3. The fourth-order valence-electron chi connectivity index (χ4n) is 7.73. The van der Waals surface area contributed by atoms with Gasteiger partial charge in [0, 0.05) is 37.8 Å². The van der Waals surface area contributed by atoms with Crippen LogP contribution < -0.4 is 16.0 Å². The molecule has 7 nitrogen and oxygen atoms in total. The quantitative estimate of drug-likeness (QED) is 0.589. The highest BCUT2D eigenvalue weighted by atomic mass is 16.2. The van der Waals surface area contributed by atoms with E-state index in [9.17, 15) is 9.59 Å². The lowest BCUT2D eigenvalue weighted by atomic mass is 9.53. The maximum Gasteiger partial charge on any atom is 0.264 e. The van der Waals surface area contributed by atoms with E-state index in [2.05, 4.69) is 38.9 Å². The van der Waals surface area contributed by atoms with Crippen LogP contribution in [0.15, 0.2) is 35.8 Å². The summed E-state index contributed by atoms with van der Waals surface area (Å²) in [7, 11) is 2.09. The molecular weight excluding hydrogens is 402 g/mol. The molecule has 2 amide bonds. The van der Waals surface area contributed by atoms with Gasteiger partial charge < -0.3 is 25.8 Å². The van der Waals surface area contributed by atoms with Gasteiger partial charge in [-0.05, 0) is 81.4 Å². The molecule has 4 aliphatic carbocycles. The lowest BCUT2D eigenvalue weighted by Gasteiger charge is -2.57. The van der Waals surface area contributed by atoms with Crippen molar-refractivity contribution >= 4 is 11.8 Å². The zero-order valence-corrected chi connectivity index (χ0v) is 19.0. The SMILES string of the molecule is CN(CC1=C2C=CC=CN2C(C(=O)NC23CC4CC(CC(C4)C2)C3)N1)CC1CNC(=O)C1. The third-order valence-corrected chi connectivity index (χ3v) is 8.52. The summed E-state index contributed by atoms with van der Waals surface area (Å²) in [5.41, 5.74) is 2.17. The van der Waals surface area contributed by atoms with Crippen LogP contribution in [0.3, 0.4) is 0 Å². The van der Waals surface area contributed by atoms with Crippen LogP contribution in [0.25, 0.3) is 0 Å². The summed E-state index contributed by atoms with van der Waals surface area (Å²) >= 11 is 0. The van der Waals surface area contributed by atoms with E-state index in [-0.39, 0.29) is 17.4 Å². The van der Waals surface area contributed by atoms with Gasteiger partial charge in [-0.15, -0.1) is 0 Å². The van der Waals surface area contributed by atoms with Crippen molar-refractivity contribution in [2.24, 2.45) is 23.7 Å². The molecule has 1 saturated heterocycles. The number of carbonyl (C=O) groups is 2. The van der Waals surface area contributed by atoms with E-state index >= 15 is 0 Å². The largest absolute Gasteiger partial charge is 0.358 e. The Bertz CT molecular complexity index is 871. The zero-order chi connectivity index (χ0) is 21.9. The third kappa shape index (κ3) is 3.64. The summed E-state index contributed by atoms with van der Waals surface area (Å²) in [6.45, 7) is 2.35. The average molecular weight is 438 g/mol. The molecule has 172 valence electrons. The smallest absolute Gasteiger partial charge is 0.264 e. The van der Waals surface area contributed by atoms with Gasteiger partial charge in [-0.25, -0.2) is 0 Å². The number of amides is 2. The van der Waals surface area contributed by atoms with Crippen LogP contribution in [0.5, 0.6) is 0 Å². The van der Waals surface area contributed by atoms with E-state index < -0.39 is 6.17 Å². The van der Waals surface area contributed by atoms with Crippen molar-refractivity contribution in [2.75, 3.05) is 26.7 Å². The summed E-state index contributed by atoms with van der Waals surface area (Å²) in [4.78, 5) is 29.4. The van der Waals surface area contributed by atoms with Crippen molar-refractivity contribution in [3.05, 3.63) is 35.8 Å². The molecule has 7 aliphatic rings. The van der Waals surface area contributed by atoms with E-state index in [4.69, 9.17) is 0 Å². The Labute approximate surface area is 190 Å². The van der Waals surface area contributed by atoms with E-state index in [0.717, 1.165) is 68.0 Å². The number of rotatable bonds is 6. The summed E-state index contributed by atoms with van der Waals surface area (Å²) in [6, 6.07) is 0. The van der Waals surface area contributed by atoms with Gasteiger partial charge in [0.25, 0.3) is 5.91 Å². The van der Waals surface area contributed by atoms with Gasteiger partial charge in [0.1, 0.15) is 0 Å². The Morgan fingerprint density at radius 2 is 1.91 bits per heavy atom. The predicted octanol–water partition coefficient (Wildman–Crippen LogP) is 1.67. The third-order valence-electron chi connectivity index (χ3n) is 8.52. The number of nitrogens with zero attached hydrogens (tertiary/aromatic N) is 2. The lowest BCUT2D eigenvalue weighted by molar-refractivity contribution is -0.131. The molecule has 4 bridgehead atoms. The van der Waals surface area contributed by atoms with Gasteiger partial charge in [-0.2, -0.15) is 0 Å². The van der Waals surface area contributed by atoms with Crippen LogP contribution in [0.2, 0.25) is 0 Å². The Hall–Kier alpha value is -2.28. The van der Waals surface area contributed by atoms with Crippen molar-refractivity contribution in [3.8, 4) is 0 Å². The summed E-state index contributed by atoms with van der Waals surface area (Å²) in [5, 5.41) is 10.0. The molecule has 2 atom stereocenters. The van der Waals surface area contributed by atoms with Gasteiger partial charge in [0.2, 0.25) is 5.91 Å². The Morgan fingerprint density at radius 3 is 2.56 bits per heavy atom. The second-order valence-electron chi connectivity index (χ2n) is 11.3. The molecule has 7 rings (SSSR count). The minimum absolute atomic E-state index is 0.0184. The first-order valence-corrected chi connectivity index (χ1v) is 12.4. The predicted molar refractivity (Wildman–Crippen MR) is 122 cm³/mol. The van der Waals surface area contributed by atoms with Crippen LogP contribution in [0.4, 0.5) is 0 Å². The Balaban J connectivity index is 1.13. The van der Waals surface area contributed by atoms with Gasteiger partial charge in [-0.1, -0.05) is 6.08 Å². The molecular formula is C25H35N5O2. The van der Waals surface area contributed by atoms with Crippen molar-refractivity contribution in [1.82, 2.24) is 25.8 Å². The average Bonchev–Trinajstić information content (AvgIpc) is 3.30. The summed E-state index contributed by atoms with van der Waals surface area (Å²) in [6.07, 6.45) is 16.0.